The Hall–Kier alpha value is -3.57. The van der Waals surface area contributed by atoms with Crippen LogP contribution in [0.15, 0.2) is 78.9 Å². The fraction of sp³-hybridized carbons (Fsp3) is 0.250. The second-order valence-corrected chi connectivity index (χ2v) is 8.63. The summed E-state index contributed by atoms with van der Waals surface area (Å²) in [6.45, 7) is 6.12. The molecule has 1 aliphatic heterocycles. The largest absolute Gasteiger partial charge is 0.337 e. The van der Waals surface area contributed by atoms with Gasteiger partial charge in [-0.05, 0) is 37.6 Å². The number of para-hydroxylation sites is 1. The predicted molar refractivity (Wildman–Crippen MR) is 132 cm³/mol. The van der Waals surface area contributed by atoms with E-state index in [2.05, 4.69) is 22.0 Å². The lowest BCUT2D eigenvalue weighted by atomic mass is 10.0. The lowest BCUT2D eigenvalue weighted by Gasteiger charge is -2.23. The van der Waals surface area contributed by atoms with Crippen molar-refractivity contribution in [1.29, 1.82) is 0 Å². The summed E-state index contributed by atoms with van der Waals surface area (Å²) in [5.74, 6) is 0.0845. The highest BCUT2D eigenvalue weighted by atomic mass is 16.2. The first-order valence-electron chi connectivity index (χ1n) is 11.6. The Balaban J connectivity index is 1.39. The number of rotatable bonds is 4. The number of benzene rings is 2. The van der Waals surface area contributed by atoms with Crippen LogP contribution in [0.5, 0.6) is 0 Å². The molecule has 5 nitrogen and oxygen atoms in total. The quantitative estimate of drug-likeness (QED) is 0.454. The highest BCUT2D eigenvalue weighted by Gasteiger charge is 2.23. The van der Waals surface area contributed by atoms with E-state index in [0.717, 1.165) is 71.7 Å². The fourth-order valence-corrected chi connectivity index (χ4v) is 4.53. The molecule has 2 aromatic heterocycles. The summed E-state index contributed by atoms with van der Waals surface area (Å²) >= 11 is 0. The van der Waals surface area contributed by atoms with E-state index in [4.69, 9.17) is 4.98 Å². The number of fused-ring (bicyclic) bond motifs is 1. The van der Waals surface area contributed by atoms with Gasteiger partial charge in [0, 0.05) is 49.4 Å². The Bertz CT molecular complexity index is 1270. The van der Waals surface area contributed by atoms with Gasteiger partial charge in [0.1, 0.15) is 0 Å². The van der Waals surface area contributed by atoms with E-state index >= 15 is 0 Å². The average Bonchev–Trinajstić information content (AvgIpc) is 3.09. The SMILES string of the molecule is Cc1cccc(CN2CCCN(C(=O)c3cc(-c4ccccc4)nc4ccccc34)CC2)n1. The molecule has 2 aromatic carbocycles. The van der Waals surface area contributed by atoms with E-state index in [0.29, 0.717) is 6.54 Å². The van der Waals surface area contributed by atoms with Crippen molar-refractivity contribution < 1.29 is 4.79 Å². The van der Waals surface area contributed by atoms with Gasteiger partial charge in [-0.25, -0.2) is 4.98 Å². The zero-order valence-corrected chi connectivity index (χ0v) is 18.9. The summed E-state index contributed by atoms with van der Waals surface area (Å²) in [6.07, 6.45) is 0.951. The molecular weight excluding hydrogens is 408 g/mol. The summed E-state index contributed by atoms with van der Waals surface area (Å²) in [6, 6.07) is 26.1. The van der Waals surface area contributed by atoms with Crippen LogP contribution in [0.4, 0.5) is 0 Å². The van der Waals surface area contributed by atoms with Crippen molar-refractivity contribution in [2.75, 3.05) is 26.2 Å². The van der Waals surface area contributed by atoms with Gasteiger partial charge in [0.15, 0.2) is 0 Å². The first-order chi connectivity index (χ1) is 16.2. The molecular formula is C28H28N4O. The van der Waals surface area contributed by atoms with Crippen molar-refractivity contribution in [1.82, 2.24) is 19.8 Å². The predicted octanol–water partition coefficient (Wildman–Crippen LogP) is 4.95. The first-order valence-corrected chi connectivity index (χ1v) is 11.6. The zero-order valence-electron chi connectivity index (χ0n) is 18.9. The number of hydrogen-bond donors (Lipinski definition) is 0. The minimum atomic E-state index is 0.0845. The Labute approximate surface area is 194 Å². The molecule has 0 saturated carbocycles. The molecule has 0 spiro atoms. The van der Waals surface area contributed by atoms with Crippen LogP contribution in [0, 0.1) is 6.92 Å². The van der Waals surface area contributed by atoms with Crippen LogP contribution in [-0.2, 0) is 6.54 Å². The highest BCUT2D eigenvalue weighted by Crippen LogP contribution is 2.26. The summed E-state index contributed by atoms with van der Waals surface area (Å²) in [4.78, 5) is 27.6. The summed E-state index contributed by atoms with van der Waals surface area (Å²) < 4.78 is 0. The second kappa shape index (κ2) is 9.51. The van der Waals surface area contributed by atoms with Crippen molar-refractivity contribution >= 4 is 16.8 Å². The Morgan fingerprint density at radius 1 is 0.848 bits per heavy atom. The van der Waals surface area contributed by atoms with Gasteiger partial charge < -0.3 is 4.90 Å². The Kier molecular flexibility index (Phi) is 6.13. The van der Waals surface area contributed by atoms with Crippen LogP contribution in [0.1, 0.15) is 28.2 Å². The van der Waals surface area contributed by atoms with Crippen LogP contribution >= 0.6 is 0 Å². The number of carbonyl (C=O) groups is 1. The van der Waals surface area contributed by atoms with Gasteiger partial charge in [0.2, 0.25) is 0 Å². The van der Waals surface area contributed by atoms with E-state index in [1.807, 2.05) is 78.6 Å². The fourth-order valence-electron chi connectivity index (χ4n) is 4.53. The lowest BCUT2D eigenvalue weighted by Crippen LogP contribution is -2.35. The van der Waals surface area contributed by atoms with Crippen LogP contribution in [0.25, 0.3) is 22.2 Å². The number of amides is 1. The molecule has 0 N–H and O–H groups in total. The summed E-state index contributed by atoms with van der Waals surface area (Å²) in [7, 11) is 0. The van der Waals surface area contributed by atoms with Crippen molar-refractivity contribution in [2.24, 2.45) is 0 Å². The standard InChI is InChI=1S/C28H28N4O/c1-21-9-7-12-23(29-21)20-31-15-8-16-32(18-17-31)28(33)25-19-27(22-10-3-2-4-11-22)30-26-14-6-5-13-24(25)26/h2-7,9-14,19H,8,15-18,20H2,1H3. The molecule has 0 unspecified atom stereocenters. The molecule has 3 heterocycles. The molecule has 1 saturated heterocycles. The van der Waals surface area contributed by atoms with Crippen molar-refractivity contribution in [3.05, 3.63) is 95.8 Å². The molecule has 0 atom stereocenters. The van der Waals surface area contributed by atoms with Crippen LogP contribution in [0.2, 0.25) is 0 Å². The van der Waals surface area contributed by atoms with E-state index in [9.17, 15) is 4.79 Å². The van der Waals surface area contributed by atoms with Crippen LogP contribution in [-0.4, -0.2) is 51.9 Å². The molecule has 1 fully saturated rings. The van der Waals surface area contributed by atoms with Gasteiger partial charge in [-0.2, -0.15) is 0 Å². The Morgan fingerprint density at radius 2 is 1.67 bits per heavy atom. The molecule has 5 heteroatoms. The maximum atomic E-state index is 13.7. The van der Waals surface area contributed by atoms with E-state index < -0.39 is 0 Å². The normalized spacial score (nSPS) is 14.9. The maximum Gasteiger partial charge on any atom is 0.254 e. The third-order valence-corrected chi connectivity index (χ3v) is 6.22. The maximum absolute atomic E-state index is 13.7. The van der Waals surface area contributed by atoms with Gasteiger partial charge in [-0.15, -0.1) is 0 Å². The molecule has 0 bridgehead atoms. The summed E-state index contributed by atoms with van der Waals surface area (Å²) in [5.41, 5.74) is 5.56. The second-order valence-electron chi connectivity index (χ2n) is 8.63. The van der Waals surface area contributed by atoms with Gasteiger partial charge in [-0.3, -0.25) is 14.7 Å². The van der Waals surface area contributed by atoms with E-state index in [1.165, 1.54) is 0 Å². The number of carbonyl (C=O) groups excluding carboxylic acids is 1. The van der Waals surface area contributed by atoms with Crippen LogP contribution < -0.4 is 0 Å². The first kappa shape index (κ1) is 21.3. The molecule has 1 amide bonds. The Morgan fingerprint density at radius 3 is 2.52 bits per heavy atom. The molecule has 0 aliphatic carbocycles. The number of nitrogens with zero attached hydrogens (tertiary/aromatic N) is 4. The lowest BCUT2D eigenvalue weighted by molar-refractivity contribution is 0.0763. The number of aryl methyl sites for hydroxylation is 1. The molecule has 4 aromatic rings. The molecule has 1 aliphatic rings. The zero-order chi connectivity index (χ0) is 22.6. The third-order valence-electron chi connectivity index (χ3n) is 6.22. The number of pyridine rings is 2. The number of aromatic nitrogens is 2. The minimum absolute atomic E-state index is 0.0845. The van der Waals surface area contributed by atoms with Gasteiger partial charge in [0.25, 0.3) is 5.91 Å². The van der Waals surface area contributed by atoms with Gasteiger partial charge >= 0.3 is 0 Å². The third kappa shape index (κ3) is 4.78. The van der Waals surface area contributed by atoms with Crippen LogP contribution in [0.3, 0.4) is 0 Å². The van der Waals surface area contributed by atoms with Gasteiger partial charge in [0.05, 0.1) is 22.5 Å². The summed E-state index contributed by atoms with van der Waals surface area (Å²) in [5, 5.41) is 0.909. The highest BCUT2D eigenvalue weighted by molar-refractivity contribution is 6.07. The van der Waals surface area contributed by atoms with Gasteiger partial charge in [-0.1, -0.05) is 54.6 Å². The molecule has 5 rings (SSSR count). The topological polar surface area (TPSA) is 49.3 Å². The van der Waals surface area contributed by atoms with E-state index in [-0.39, 0.29) is 5.91 Å². The molecule has 0 radical (unpaired) electrons. The number of hydrogen-bond acceptors (Lipinski definition) is 4. The van der Waals surface area contributed by atoms with E-state index in [1.54, 1.807) is 0 Å². The molecule has 166 valence electrons. The van der Waals surface area contributed by atoms with Crippen molar-refractivity contribution in [3.8, 4) is 11.3 Å². The monoisotopic (exact) mass is 436 g/mol. The average molecular weight is 437 g/mol. The van der Waals surface area contributed by atoms with Crippen molar-refractivity contribution in [3.63, 3.8) is 0 Å². The van der Waals surface area contributed by atoms with Crippen molar-refractivity contribution in [2.45, 2.75) is 19.9 Å². The minimum Gasteiger partial charge on any atom is -0.337 e. The molecule has 33 heavy (non-hydrogen) atoms. The smallest absolute Gasteiger partial charge is 0.254 e.